The lowest BCUT2D eigenvalue weighted by atomic mass is 10.0. The molecule has 3 heteroatoms. The van der Waals surface area contributed by atoms with E-state index in [1.807, 2.05) is 36.4 Å². The molecule has 0 fully saturated rings. The molecule has 0 atom stereocenters. The Labute approximate surface area is 124 Å². The van der Waals surface area contributed by atoms with Gasteiger partial charge in [-0.3, -0.25) is 4.79 Å². The zero-order valence-corrected chi connectivity index (χ0v) is 12.5. The third-order valence-corrected chi connectivity index (χ3v) is 3.66. The highest BCUT2D eigenvalue weighted by atomic mass is 35.5. The first-order valence-corrected chi connectivity index (χ1v) is 7.13. The van der Waals surface area contributed by atoms with E-state index < -0.39 is 0 Å². The number of nitrogens with one attached hydrogen (secondary N) is 1. The first-order valence-electron chi connectivity index (χ1n) is 6.60. The lowest BCUT2D eigenvalue weighted by Crippen LogP contribution is -2.15. The van der Waals surface area contributed by atoms with Crippen LogP contribution in [-0.2, 0) is 17.1 Å². The van der Waals surface area contributed by atoms with Crippen molar-refractivity contribution < 1.29 is 4.79 Å². The van der Waals surface area contributed by atoms with Gasteiger partial charge in [0.25, 0.3) is 0 Å². The maximum atomic E-state index is 12.1. The van der Waals surface area contributed by atoms with E-state index in [4.69, 9.17) is 11.6 Å². The molecule has 0 aromatic heterocycles. The molecule has 0 unspecified atom stereocenters. The maximum absolute atomic E-state index is 12.1. The second kappa shape index (κ2) is 6.58. The number of anilines is 1. The smallest absolute Gasteiger partial charge is 0.228 e. The summed E-state index contributed by atoms with van der Waals surface area (Å²) >= 11 is 5.86. The normalized spacial score (nSPS) is 10.3. The number of hydrogen-bond acceptors (Lipinski definition) is 1. The number of amides is 1. The van der Waals surface area contributed by atoms with Crippen LogP contribution in [0.25, 0.3) is 0 Å². The SMILES string of the molecule is Cc1ccc(CC(=O)Nc2ccccc2CCl)cc1C. The van der Waals surface area contributed by atoms with Crippen molar-refractivity contribution in [2.24, 2.45) is 0 Å². The minimum atomic E-state index is -0.0224. The number of rotatable bonds is 4. The molecule has 0 saturated heterocycles. The molecule has 0 aliphatic carbocycles. The summed E-state index contributed by atoms with van der Waals surface area (Å²) in [5, 5.41) is 2.92. The molecule has 0 aliphatic rings. The van der Waals surface area contributed by atoms with Crippen LogP contribution in [0.15, 0.2) is 42.5 Å². The van der Waals surface area contributed by atoms with E-state index in [0.29, 0.717) is 12.3 Å². The number of aryl methyl sites for hydroxylation is 2. The van der Waals surface area contributed by atoms with Gasteiger partial charge in [-0.1, -0.05) is 36.4 Å². The van der Waals surface area contributed by atoms with Crippen LogP contribution >= 0.6 is 11.6 Å². The lowest BCUT2D eigenvalue weighted by Gasteiger charge is -2.10. The first kappa shape index (κ1) is 14.6. The van der Waals surface area contributed by atoms with Crippen molar-refractivity contribution in [1.82, 2.24) is 0 Å². The third-order valence-electron chi connectivity index (χ3n) is 3.37. The van der Waals surface area contributed by atoms with Crippen LogP contribution in [0.4, 0.5) is 5.69 Å². The van der Waals surface area contributed by atoms with E-state index in [1.165, 1.54) is 11.1 Å². The van der Waals surface area contributed by atoms with E-state index in [-0.39, 0.29) is 5.91 Å². The number of hydrogen-bond donors (Lipinski definition) is 1. The Balaban J connectivity index is 2.07. The molecular formula is C17H18ClNO. The van der Waals surface area contributed by atoms with Crippen LogP contribution in [0.2, 0.25) is 0 Å². The topological polar surface area (TPSA) is 29.1 Å². The van der Waals surface area contributed by atoms with E-state index in [1.54, 1.807) is 0 Å². The summed E-state index contributed by atoms with van der Waals surface area (Å²) in [7, 11) is 0. The molecule has 0 bridgehead atoms. The molecule has 2 rings (SSSR count). The highest BCUT2D eigenvalue weighted by Crippen LogP contribution is 2.18. The summed E-state index contributed by atoms with van der Waals surface area (Å²) < 4.78 is 0. The van der Waals surface area contributed by atoms with Gasteiger partial charge < -0.3 is 5.32 Å². The fourth-order valence-corrected chi connectivity index (χ4v) is 2.29. The van der Waals surface area contributed by atoms with Crippen LogP contribution < -0.4 is 5.32 Å². The molecule has 1 amide bonds. The summed E-state index contributed by atoms with van der Waals surface area (Å²) in [5.74, 6) is 0.367. The summed E-state index contributed by atoms with van der Waals surface area (Å²) in [5.41, 5.74) is 5.19. The van der Waals surface area contributed by atoms with Crippen molar-refractivity contribution in [3.05, 3.63) is 64.7 Å². The Morgan fingerprint density at radius 1 is 1.10 bits per heavy atom. The van der Waals surface area contributed by atoms with Crippen molar-refractivity contribution in [2.45, 2.75) is 26.1 Å². The monoisotopic (exact) mass is 287 g/mol. The van der Waals surface area contributed by atoms with Gasteiger partial charge in [-0.15, -0.1) is 11.6 Å². The fraction of sp³-hybridized carbons (Fsp3) is 0.235. The Hall–Kier alpha value is -1.80. The molecular weight excluding hydrogens is 270 g/mol. The van der Waals surface area contributed by atoms with E-state index in [0.717, 1.165) is 16.8 Å². The molecule has 1 N–H and O–H groups in total. The summed E-state index contributed by atoms with van der Waals surface area (Å²) in [4.78, 5) is 12.1. The van der Waals surface area contributed by atoms with E-state index in [9.17, 15) is 4.79 Å². The van der Waals surface area contributed by atoms with Crippen molar-refractivity contribution in [3.63, 3.8) is 0 Å². The molecule has 2 aromatic rings. The second-order valence-corrected chi connectivity index (χ2v) is 5.20. The minimum Gasteiger partial charge on any atom is -0.326 e. The minimum absolute atomic E-state index is 0.0224. The Kier molecular flexibility index (Phi) is 4.80. The summed E-state index contributed by atoms with van der Waals surface area (Å²) in [6, 6.07) is 13.7. The van der Waals surface area contributed by atoms with Gasteiger partial charge in [-0.2, -0.15) is 0 Å². The van der Waals surface area contributed by atoms with Crippen molar-refractivity contribution in [3.8, 4) is 0 Å². The van der Waals surface area contributed by atoms with Gasteiger partial charge >= 0.3 is 0 Å². The molecule has 2 nitrogen and oxygen atoms in total. The highest BCUT2D eigenvalue weighted by Gasteiger charge is 2.07. The van der Waals surface area contributed by atoms with Gasteiger partial charge in [0.2, 0.25) is 5.91 Å². The lowest BCUT2D eigenvalue weighted by molar-refractivity contribution is -0.115. The summed E-state index contributed by atoms with van der Waals surface area (Å²) in [6.07, 6.45) is 0.373. The van der Waals surface area contributed by atoms with Gasteiger partial charge in [-0.25, -0.2) is 0 Å². The van der Waals surface area contributed by atoms with Crippen LogP contribution in [0.3, 0.4) is 0 Å². The Morgan fingerprint density at radius 2 is 1.85 bits per heavy atom. The Bertz CT molecular complexity index is 622. The average molecular weight is 288 g/mol. The number of carbonyl (C=O) groups is 1. The van der Waals surface area contributed by atoms with Crippen molar-refractivity contribution in [1.29, 1.82) is 0 Å². The number of halogens is 1. The van der Waals surface area contributed by atoms with Gasteiger partial charge in [0, 0.05) is 11.6 Å². The van der Waals surface area contributed by atoms with Gasteiger partial charge in [0.05, 0.1) is 6.42 Å². The molecule has 2 aromatic carbocycles. The van der Waals surface area contributed by atoms with Crippen molar-refractivity contribution >= 4 is 23.2 Å². The predicted octanol–water partition coefficient (Wildman–Crippen LogP) is 4.22. The standard InChI is InChI=1S/C17H18ClNO/c1-12-7-8-14(9-13(12)2)10-17(20)19-16-6-4-3-5-15(16)11-18/h3-9H,10-11H2,1-2H3,(H,19,20). The average Bonchev–Trinajstić information content (AvgIpc) is 2.43. The Morgan fingerprint density at radius 3 is 2.55 bits per heavy atom. The van der Waals surface area contributed by atoms with Crippen LogP contribution in [-0.4, -0.2) is 5.91 Å². The molecule has 0 heterocycles. The third kappa shape index (κ3) is 3.61. The zero-order valence-electron chi connectivity index (χ0n) is 11.7. The van der Waals surface area contributed by atoms with E-state index >= 15 is 0 Å². The van der Waals surface area contributed by atoms with Crippen LogP contribution in [0.5, 0.6) is 0 Å². The van der Waals surface area contributed by atoms with Gasteiger partial charge in [0.1, 0.15) is 0 Å². The maximum Gasteiger partial charge on any atom is 0.228 e. The van der Waals surface area contributed by atoms with Gasteiger partial charge in [0.15, 0.2) is 0 Å². The second-order valence-electron chi connectivity index (χ2n) is 4.93. The quantitative estimate of drug-likeness (QED) is 0.838. The molecule has 20 heavy (non-hydrogen) atoms. The highest BCUT2D eigenvalue weighted by molar-refractivity contribution is 6.17. The van der Waals surface area contributed by atoms with Crippen molar-refractivity contribution in [2.75, 3.05) is 5.32 Å². The largest absolute Gasteiger partial charge is 0.326 e. The van der Waals surface area contributed by atoms with Crippen LogP contribution in [0.1, 0.15) is 22.3 Å². The molecule has 104 valence electrons. The number of para-hydroxylation sites is 1. The zero-order chi connectivity index (χ0) is 14.5. The predicted molar refractivity (Wildman–Crippen MR) is 84.2 cm³/mol. The number of carbonyl (C=O) groups excluding carboxylic acids is 1. The van der Waals surface area contributed by atoms with E-state index in [2.05, 4.69) is 25.2 Å². The molecule has 0 aliphatic heterocycles. The van der Waals surface area contributed by atoms with Gasteiger partial charge in [-0.05, 0) is 42.2 Å². The molecule has 0 saturated carbocycles. The first-order chi connectivity index (χ1) is 9.60. The fourth-order valence-electron chi connectivity index (χ4n) is 2.05. The number of benzene rings is 2. The summed E-state index contributed by atoms with van der Waals surface area (Å²) in [6.45, 7) is 4.12. The van der Waals surface area contributed by atoms with Crippen LogP contribution in [0, 0.1) is 13.8 Å². The molecule has 0 spiro atoms. The molecule has 0 radical (unpaired) electrons. The number of alkyl halides is 1.